The van der Waals surface area contributed by atoms with E-state index in [1.54, 1.807) is 24.3 Å². The number of nitrogens with zero attached hydrogens (tertiary/aromatic N) is 1. The summed E-state index contributed by atoms with van der Waals surface area (Å²) in [6.07, 6.45) is 0. The van der Waals surface area contributed by atoms with Crippen LogP contribution in [0.5, 0.6) is 5.75 Å². The van der Waals surface area contributed by atoms with E-state index in [-0.39, 0.29) is 12.5 Å². The SMILES string of the molecule is Cc1ccc(C)c(-c2csc(NC(=O)COc3ccc(Cl)cc3)n2)c1. The lowest BCUT2D eigenvalue weighted by Gasteiger charge is -2.06. The van der Waals surface area contributed by atoms with Gasteiger partial charge in [0.2, 0.25) is 0 Å². The van der Waals surface area contributed by atoms with Gasteiger partial charge in [-0.3, -0.25) is 10.1 Å². The highest BCUT2D eigenvalue weighted by molar-refractivity contribution is 7.14. The van der Waals surface area contributed by atoms with Crippen molar-refractivity contribution in [3.63, 3.8) is 0 Å². The number of rotatable bonds is 5. The maximum absolute atomic E-state index is 12.0. The fraction of sp³-hybridized carbons (Fsp3) is 0.158. The van der Waals surface area contributed by atoms with Gasteiger partial charge in [0, 0.05) is 16.0 Å². The van der Waals surface area contributed by atoms with E-state index in [1.165, 1.54) is 16.9 Å². The fourth-order valence-corrected chi connectivity index (χ4v) is 3.15. The van der Waals surface area contributed by atoms with Crippen LogP contribution in [-0.4, -0.2) is 17.5 Å². The van der Waals surface area contributed by atoms with Gasteiger partial charge in [-0.1, -0.05) is 29.3 Å². The van der Waals surface area contributed by atoms with E-state index < -0.39 is 0 Å². The van der Waals surface area contributed by atoms with Crippen LogP contribution in [0, 0.1) is 13.8 Å². The highest BCUT2D eigenvalue weighted by atomic mass is 35.5. The number of aromatic nitrogens is 1. The third kappa shape index (κ3) is 4.59. The Bertz CT molecular complexity index is 891. The summed E-state index contributed by atoms with van der Waals surface area (Å²) >= 11 is 7.21. The normalized spacial score (nSPS) is 10.5. The summed E-state index contributed by atoms with van der Waals surface area (Å²) in [4.78, 5) is 16.5. The first kappa shape index (κ1) is 17.5. The van der Waals surface area contributed by atoms with Crippen LogP contribution >= 0.6 is 22.9 Å². The lowest BCUT2D eigenvalue weighted by Crippen LogP contribution is -2.20. The van der Waals surface area contributed by atoms with Gasteiger partial charge in [-0.05, 0) is 49.7 Å². The number of nitrogens with one attached hydrogen (secondary N) is 1. The lowest BCUT2D eigenvalue weighted by molar-refractivity contribution is -0.118. The average molecular weight is 373 g/mol. The van der Waals surface area contributed by atoms with Gasteiger partial charge >= 0.3 is 0 Å². The molecule has 0 fully saturated rings. The minimum absolute atomic E-state index is 0.0833. The molecule has 25 heavy (non-hydrogen) atoms. The number of ether oxygens (including phenoxy) is 1. The van der Waals surface area contributed by atoms with Crippen LogP contribution in [0.25, 0.3) is 11.3 Å². The number of anilines is 1. The maximum Gasteiger partial charge on any atom is 0.264 e. The molecule has 1 aromatic heterocycles. The van der Waals surface area contributed by atoms with Crippen LogP contribution < -0.4 is 10.1 Å². The molecule has 0 unspecified atom stereocenters. The number of carbonyl (C=O) groups is 1. The Hall–Kier alpha value is -2.37. The van der Waals surface area contributed by atoms with E-state index >= 15 is 0 Å². The quantitative estimate of drug-likeness (QED) is 0.678. The van der Waals surface area contributed by atoms with Gasteiger partial charge in [-0.15, -0.1) is 11.3 Å². The summed E-state index contributed by atoms with van der Waals surface area (Å²) < 4.78 is 5.43. The van der Waals surface area contributed by atoms with Crippen LogP contribution in [0.2, 0.25) is 5.02 Å². The van der Waals surface area contributed by atoms with Crippen LogP contribution in [-0.2, 0) is 4.79 Å². The zero-order valence-corrected chi connectivity index (χ0v) is 15.4. The summed E-state index contributed by atoms with van der Waals surface area (Å²) in [5, 5.41) is 5.89. The van der Waals surface area contributed by atoms with Crippen molar-refractivity contribution in [2.75, 3.05) is 11.9 Å². The van der Waals surface area contributed by atoms with Crippen molar-refractivity contribution >= 4 is 34.0 Å². The summed E-state index contributed by atoms with van der Waals surface area (Å²) in [7, 11) is 0. The number of carbonyl (C=O) groups excluding carboxylic acids is 1. The molecule has 2 aromatic carbocycles. The lowest BCUT2D eigenvalue weighted by atomic mass is 10.0. The molecule has 0 atom stereocenters. The molecular formula is C19H17ClN2O2S. The van der Waals surface area contributed by atoms with Gasteiger partial charge in [0.05, 0.1) is 5.69 Å². The Morgan fingerprint density at radius 2 is 1.96 bits per heavy atom. The van der Waals surface area contributed by atoms with Crippen LogP contribution in [0.15, 0.2) is 47.8 Å². The number of thiazole rings is 1. The number of amides is 1. The molecule has 128 valence electrons. The number of hydrogen-bond acceptors (Lipinski definition) is 4. The molecule has 0 saturated heterocycles. The van der Waals surface area contributed by atoms with Crippen molar-refractivity contribution in [2.45, 2.75) is 13.8 Å². The summed E-state index contributed by atoms with van der Waals surface area (Å²) in [6.45, 7) is 4.01. The molecule has 1 heterocycles. The number of aryl methyl sites for hydroxylation is 2. The first-order valence-electron chi connectivity index (χ1n) is 7.72. The van der Waals surface area contributed by atoms with E-state index in [0.717, 1.165) is 16.8 Å². The standard InChI is InChI=1S/C19H17ClN2O2S/c1-12-3-4-13(2)16(9-12)17-11-25-19(21-17)22-18(23)10-24-15-7-5-14(20)6-8-15/h3-9,11H,10H2,1-2H3,(H,21,22,23). The Balaban J connectivity index is 1.62. The van der Waals surface area contributed by atoms with E-state index in [0.29, 0.717) is 15.9 Å². The minimum Gasteiger partial charge on any atom is -0.484 e. The third-order valence-corrected chi connectivity index (χ3v) is 4.61. The third-order valence-electron chi connectivity index (χ3n) is 3.60. The Morgan fingerprint density at radius 3 is 2.72 bits per heavy atom. The molecule has 1 N–H and O–H groups in total. The average Bonchev–Trinajstić information content (AvgIpc) is 3.05. The monoisotopic (exact) mass is 372 g/mol. The molecule has 6 heteroatoms. The smallest absolute Gasteiger partial charge is 0.264 e. The number of halogens is 1. The molecule has 4 nitrogen and oxygen atoms in total. The Kier molecular flexibility index (Phi) is 5.36. The van der Waals surface area contributed by atoms with Gasteiger partial charge < -0.3 is 4.74 Å². The maximum atomic E-state index is 12.0. The molecule has 0 saturated carbocycles. The van der Waals surface area contributed by atoms with Gasteiger partial charge in [-0.2, -0.15) is 0 Å². The zero-order valence-electron chi connectivity index (χ0n) is 13.9. The molecule has 3 rings (SSSR count). The molecule has 3 aromatic rings. The van der Waals surface area contributed by atoms with E-state index in [4.69, 9.17) is 16.3 Å². The van der Waals surface area contributed by atoms with Crippen molar-refractivity contribution in [3.8, 4) is 17.0 Å². The highest BCUT2D eigenvalue weighted by Crippen LogP contribution is 2.28. The predicted octanol–water partition coefficient (Wildman–Crippen LogP) is 5.10. The van der Waals surface area contributed by atoms with Crippen LogP contribution in [0.3, 0.4) is 0 Å². The van der Waals surface area contributed by atoms with Crippen molar-refractivity contribution in [2.24, 2.45) is 0 Å². The number of benzene rings is 2. The van der Waals surface area contributed by atoms with E-state index in [1.807, 2.05) is 19.2 Å². The molecule has 0 aliphatic heterocycles. The topological polar surface area (TPSA) is 51.2 Å². The minimum atomic E-state index is -0.253. The largest absolute Gasteiger partial charge is 0.484 e. The first-order valence-corrected chi connectivity index (χ1v) is 8.98. The van der Waals surface area contributed by atoms with Crippen molar-refractivity contribution in [1.29, 1.82) is 0 Å². The molecular weight excluding hydrogens is 356 g/mol. The molecule has 0 aliphatic rings. The van der Waals surface area contributed by atoms with Gasteiger partial charge in [0.25, 0.3) is 5.91 Å². The van der Waals surface area contributed by atoms with Gasteiger partial charge in [0.1, 0.15) is 5.75 Å². The second-order valence-corrected chi connectivity index (χ2v) is 6.94. The van der Waals surface area contributed by atoms with Crippen molar-refractivity contribution in [1.82, 2.24) is 4.98 Å². The van der Waals surface area contributed by atoms with Crippen LogP contribution in [0.4, 0.5) is 5.13 Å². The zero-order chi connectivity index (χ0) is 17.8. The molecule has 0 spiro atoms. The molecule has 1 amide bonds. The Labute approximate surface area is 155 Å². The molecule has 0 aliphatic carbocycles. The first-order chi connectivity index (χ1) is 12.0. The Morgan fingerprint density at radius 1 is 1.20 bits per heavy atom. The van der Waals surface area contributed by atoms with Gasteiger partial charge in [0.15, 0.2) is 11.7 Å². The van der Waals surface area contributed by atoms with Crippen LogP contribution in [0.1, 0.15) is 11.1 Å². The van der Waals surface area contributed by atoms with Gasteiger partial charge in [-0.25, -0.2) is 4.98 Å². The molecule has 0 bridgehead atoms. The number of hydrogen-bond donors (Lipinski definition) is 1. The summed E-state index contributed by atoms with van der Waals surface area (Å²) in [5.41, 5.74) is 4.27. The van der Waals surface area contributed by atoms with E-state index in [2.05, 4.69) is 28.5 Å². The van der Waals surface area contributed by atoms with E-state index in [9.17, 15) is 4.79 Å². The fourth-order valence-electron chi connectivity index (χ4n) is 2.30. The van der Waals surface area contributed by atoms with Crippen molar-refractivity contribution < 1.29 is 9.53 Å². The van der Waals surface area contributed by atoms with Crippen molar-refractivity contribution in [3.05, 3.63) is 64.0 Å². The molecule has 0 radical (unpaired) electrons. The second-order valence-electron chi connectivity index (χ2n) is 5.65. The second kappa shape index (κ2) is 7.68. The summed E-state index contributed by atoms with van der Waals surface area (Å²) in [6, 6.07) is 13.1. The highest BCUT2D eigenvalue weighted by Gasteiger charge is 2.10. The summed E-state index contributed by atoms with van der Waals surface area (Å²) in [5.74, 6) is 0.339. The predicted molar refractivity (Wildman–Crippen MR) is 103 cm³/mol.